The van der Waals surface area contributed by atoms with Gasteiger partial charge in [0.05, 0.1) is 12.1 Å². The van der Waals surface area contributed by atoms with E-state index < -0.39 is 5.82 Å². The van der Waals surface area contributed by atoms with Gasteiger partial charge in [0.1, 0.15) is 11.6 Å². The number of nitrogens with one attached hydrogen (secondary N) is 1. The van der Waals surface area contributed by atoms with Crippen molar-refractivity contribution >= 4 is 23.2 Å². The molecule has 1 N–H and O–H groups in total. The molecule has 25 heavy (non-hydrogen) atoms. The fourth-order valence-corrected chi connectivity index (χ4v) is 2.49. The summed E-state index contributed by atoms with van der Waals surface area (Å²) in [5.74, 6) is 0.321. The van der Waals surface area contributed by atoms with Gasteiger partial charge < -0.3 is 10.1 Å². The van der Waals surface area contributed by atoms with E-state index in [1.165, 1.54) is 6.07 Å². The minimum atomic E-state index is -0.412. The summed E-state index contributed by atoms with van der Waals surface area (Å²) in [5.41, 5.74) is 0.755. The Kier molecular flexibility index (Phi) is 5.31. The standard InChI is InChI=1S/C20H15ClFNO2/c21-15-10-11-19(25-16-7-2-1-3-8-16)18(13-15)23-20(24)12-14-6-4-5-9-17(14)22/h1-11,13H,12H2,(H,23,24). The van der Waals surface area contributed by atoms with Crippen LogP contribution in [-0.2, 0) is 11.2 Å². The third kappa shape index (κ3) is 4.58. The first-order valence-corrected chi connectivity index (χ1v) is 8.05. The summed E-state index contributed by atoms with van der Waals surface area (Å²) in [6.07, 6.45) is -0.0794. The van der Waals surface area contributed by atoms with Crippen LogP contribution in [0, 0.1) is 5.82 Å². The molecule has 3 nitrogen and oxygen atoms in total. The maximum absolute atomic E-state index is 13.7. The number of carbonyl (C=O) groups excluding carboxylic acids is 1. The Hall–Kier alpha value is -2.85. The highest BCUT2D eigenvalue weighted by molar-refractivity contribution is 6.31. The van der Waals surface area contributed by atoms with E-state index >= 15 is 0 Å². The van der Waals surface area contributed by atoms with Gasteiger partial charge in [0.2, 0.25) is 5.91 Å². The molecule has 126 valence electrons. The molecular formula is C20H15ClFNO2. The smallest absolute Gasteiger partial charge is 0.229 e. The Balaban J connectivity index is 1.78. The molecule has 3 aromatic rings. The topological polar surface area (TPSA) is 38.3 Å². The van der Waals surface area contributed by atoms with Crippen molar-refractivity contribution in [2.75, 3.05) is 5.32 Å². The molecule has 3 rings (SSSR count). The van der Waals surface area contributed by atoms with Crippen LogP contribution in [0.2, 0.25) is 5.02 Å². The van der Waals surface area contributed by atoms with Crippen molar-refractivity contribution in [2.45, 2.75) is 6.42 Å². The average molecular weight is 356 g/mol. The molecule has 0 aliphatic heterocycles. The molecule has 1 amide bonds. The van der Waals surface area contributed by atoms with Crippen molar-refractivity contribution < 1.29 is 13.9 Å². The number of hydrogen-bond acceptors (Lipinski definition) is 2. The zero-order chi connectivity index (χ0) is 17.6. The molecule has 0 saturated heterocycles. The van der Waals surface area contributed by atoms with E-state index in [9.17, 15) is 9.18 Å². The molecule has 0 aliphatic rings. The first kappa shape index (κ1) is 17.0. The maximum Gasteiger partial charge on any atom is 0.229 e. The Morgan fingerprint density at radius 2 is 1.72 bits per heavy atom. The van der Waals surface area contributed by atoms with Crippen molar-refractivity contribution in [1.29, 1.82) is 0 Å². The molecule has 0 saturated carbocycles. The predicted octanol–water partition coefficient (Wildman–Crippen LogP) is 5.45. The lowest BCUT2D eigenvalue weighted by Crippen LogP contribution is -2.15. The SMILES string of the molecule is O=C(Cc1ccccc1F)Nc1cc(Cl)ccc1Oc1ccccc1. The number of halogens is 2. The summed E-state index contributed by atoms with van der Waals surface area (Å²) in [6, 6.07) is 20.3. The summed E-state index contributed by atoms with van der Waals surface area (Å²) in [7, 11) is 0. The van der Waals surface area contributed by atoms with Crippen LogP contribution in [0.3, 0.4) is 0 Å². The lowest BCUT2D eigenvalue weighted by molar-refractivity contribution is -0.115. The van der Waals surface area contributed by atoms with Gasteiger partial charge in [0, 0.05) is 5.02 Å². The van der Waals surface area contributed by atoms with E-state index in [4.69, 9.17) is 16.3 Å². The van der Waals surface area contributed by atoms with Gasteiger partial charge in [-0.15, -0.1) is 0 Å². The van der Waals surface area contributed by atoms with Crippen LogP contribution in [0.4, 0.5) is 10.1 Å². The normalized spacial score (nSPS) is 10.3. The fraction of sp³-hybridized carbons (Fsp3) is 0.0500. The number of ether oxygens (including phenoxy) is 1. The van der Waals surface area contributed by atoms with Crippen LogP contribution in [0.5, 0.6) is 11.5 Å². The van der Waals surface area contributed by atoms with E-state index in [0.29, 0.717) is 27.8 Å². The summed E-state index contributed by atoms with van der Waals surface area (Å²) in [4.78, 5) is 12.3. The van der Waals surface area contributed by atoms with Crippen molar-refractivity contribution in [1.82, 2.24) is 0 Å². The number of para-hydroxylation sites is 1. The highest BCUT2D eigenvalue weighted by Crippen LogP contribution is 2.32. The minimum Gasteiger partial charge on any atom is -0.455 e. The minimum absolute atomic E-state index is 0.0794. The Morgan fingerprint density at radius 1 is 1.00 bits per heavy atom. The molecule has 0 atom stereocenters. The van der Waals surface area contributed by atoms with E-state index in [0.717, 1.165) is 0 Å². The summed E-state index contributed by atoms with van der Waals surface area (Å²) >= 11 is 6.02. The lowest BCUT2D eigenvalue weighted by atomic mass is 10.1. The van der Waals surface area contributed by atoms with E-state index in [1.807, 2.05) is 18.2 Å². The van der Waals surface area contributed by atoms with Crippen molar-refractivity contribution in [2.24, 2.45) is 0 Å². The molecule has 3 aromatic carbocycles. The molecule has 0 spiro atoms. The molecule has 5 heteroatoms. The second kappa shape index (κ2) is 7.81. The molecule has 0 unspecified atom stereocenters. The van der Waals surface area contributed by atoms with Gasteiger partial charge in [-0.2, -0.15) is 0 Å². The van der Waals surface area contributed by atoms with Crippen LogP contribution < -0.4 is 10.1 Å². The Labute approximate surface area is 150 Å². The summed E-state index contributed by atoms with van der Waals surface area (Å²) in [6.45, 7) is 0. The highest BCUT2D eigenvalue weighted by Gasteiger charge is 2.12. The summed E-state index contributed by atoms with van der Waals surface area (Å²) < 4.78 is 19.5. The molecule has 0 aliphatic carbocycles. The first-order chi connectivity index (χ1) is 12.1. The lowest BCUT2D eigenvalue weighted by Gasteiger charge is -2.13. The highest BCUT2D eigenvalue weighted by atomic mass is 35.5. The average Bonchev–Trinajstić information content (AvgIpc) is 2.60. The molecule has 0 aromatic heterocycles. The van der Waals surface area contributed by atoms with Gasteiger partial charge in [-0.3, -0.25) is 4.79 Å². The summed E-state index contributed by atoms with van der Waals surface area (Å²) in [5, 5.41) is 3.19. The van der Waals surface area contributed by atoms with E-state index in [-0.39, 0.29) is 12.3 Å². The van der Waals surface area contributed by atoms with E-state index in [2.05, 4.69) is 5.32 Å². The van der Waals surface area contributed by atoms with Crippen molar-refractivity contribution in [3.8, 4) is 11.5 Å². The van der Waals surface area contributed by atoms with Gasteiger partial charge in [-0.25, -0.2) is 4.39 Å². The molecule has 0 heterocycles. The van der Waals surface area contributed by atoms with Crippen molar-refractivity contribution in [3.05, 3.63) is 89.2 Å². The van der Waals surface area contributed by atoms with Gasteiger partial charge in [-0.1, -0.05) is 48.0 Å². The molecular weight excluding hydrogens is 341 g/mol. The fourth-order valence-electron chi connectivity index (χ4n) is 2.31. The zero-order valence-corrected chi connectivity index (χ0v) is 14.0. The first-order valence-electron chi connectivity index (χ1n) is 7.67. The zero-order valence-electron chi connectivity index (χ0n) is 13.2. The Morgan fingerprint density at radius 3 is 2.48 bits per heavy atom. The third-order valence-electron chi connectivity index (χ3n) is 3.50. The van der Waals surface area contributed by atoms with Gasteiger partial charge in [-0.05, 0) is 42.0 Å². The largest absolute Gasteiger partial charge is 0.455 e. The molecule has 0 radical (unpaired) electrons. The quantitative estimate of drug-likeness (QED) is 0.660. The van der Waals surface area contributed by atoms with Gasteiger partial charge in [0.15, 0.2) is 5.75 Å². The van der Waals surface area contributed by atoms with Gasteiger partial charge >= 0.3 is 0 Å². The third-order valence-corrected chi connectivity index (χ3v) is 3.73. The van der Waals surface area contributed by atoms with Crippen LogP contribution in [0.15, 0.2) is 72.8 Å². The second-order valence-corrected chi connectivity index (χ2v) is 5.81. The second-order valence-electron chi connectivity index (χ2n) is 5.37. The number of rotatable bonds is 5. The number of benzene rings is 3. The number of amides is 1. The molecule has 0 bridgehead atoms. The van der Waals surface area contributed by atoms with Gasteiger partial charge in [0.25, 0.3) is 0 Å². The van der Waals surface area contributed by atoms with Crippen LogP contribution in [-0.4, -0.2) is 5.91 Å². The maximum atomic E-state index is 13.7. The number of hydrogen-bond donors (Lipinski definition) is 1. The predicted molar refractivity (Wildman–Crippen MR) is 96.7 cm³/mol. The monoisotopic (exact) mass is 355 g/mol. The Bertz CT molecular complexity index is 884. The van der Waals surface area contributed by atoms with Crippen LogP contribution >= 0.6 is 11.6 Å². The van der Waals surface area contributed by atoms with Crippen molar-refractivity contribution in [3.63, 3.8) is 0 Å². The number of carbonyl (C=O) groups is 1. The number of anilines is 1. The molecule has 0 fully saturated rings. The van der Waals surface area contributed by atoms with Crippen LogP contribution in [0.1, 0.15) is 5.56 Å². The van der Waals surface area contributed by atoms with Crippen LogP contribution in [0.25, 0.3) is 0 Å². The van der Waals surface area contributed by atoms with E-state index in [1.54, 1.807) is 48.5 Å².